The lowest BCUT2D eigenvalue weighted by molar-refractivity contribution is 0.1000. The Hall–Kier alpha value is -1.33. The molecule has 0 bridgehead atoms. The Morgan fingerprint density at radius 1 is 1.10 bits per heavy atom. The lowest BCUT2D eigenvalue weighted by Crippen LogP contribution is -2.10. The summed E-state index contributed by atoms with van der Waals surface area (Å²) in [6.45, 7) is 4.02. The standard InChI is InChI=1S/C15H13Br2NO2/c1-8-5-11(6-9(2)14(8)17)20-13-4-3-10(15(18)19)7-12(13)16/h3-7H,1-2H3,(H2,18,19). The largest absolute Gasteiger partial charge is 0.456 e. The Bertz CT molecular complexity index is 661. The van der Waals surface area contributed by atoms with Crippen molar-refractivity contribution in [2.45, 2.75) is 13.8 Å². The van der Waals surface area contributed by atoms with Crippen molar-refractivity contribution in [3.05, 3.63) is 56.0 Å². The Kier molecular flexibility index (Phi) is 4.50. The number of ether oxygens (including phenoxy) is 1. The number of benzene rings is 2. The maximum atomic E-state index is 11.1. The van der Waals surface area contributed by atoms with E-state index in [9.17, 15) is 4.79 Å². The Balaban J connectivity index is 2.33. The van der Waals surface area contributed by atoms with Gasteiger partial charge in [-0.3, -0.25) is 4.79 Å². The Morgan fingerprint density at radius 3 is 2.20 bits per heavy atom. The van der Waals surface area contributed by atoms with Gasteiger partial charge in [-0.15, -0.1) is 0 Å². The molecule has 0 unspecified atom stereocenters. The quantitative estimate of drug-likeness (QED) is 0.813. The van der Waals surface area contributed by atoms with Gasteiger partial charge >= 0.3 is 0 Å². The van der Waals surface area contributed by atoms with Gasteiger partial charge in [0.1, 0.15) is 11.5 Å². The number of hydrogen-bond donors (Lipinski definition) is 1. The number of carbonyl (C=O) groups excluding carboxylic acids is 1. The second kappa shape index (κ2) is 5.97. The number of primary amides is 1. The summed E-state index contributed by atoms with van der Waals surface area (Å²) in [5, 5.41) is 0. The van der Waals surface area contributed by atoms with Gasteiger partial charge in [0.2, 0.25) is 5.91 Å². The fourth-order valence-corrected chi connectivity index (χ4v) is 2.52. The summed E-state index contributed by atoms with van der Waals surface area (Å²) >= 11 is 6.90. The van der Waals surface area contributed by atoms with Crippen LogP contribution in [0.3, 0.4) is 0 Å². The highest BCUT2D eigenvalue weighted by molar-refractivity contribution is 9.10. The van der Waals surface area contributed by atoms with E-state index in [4.69, 9.17) is 10.5 Å². The molecule has 0 atom stereocenters. The first-order valence-corrected chi connectivity index (χ1v) is 7.51. The number of nitrogens with two attached hydrogens (primary N) is 1. The van der Waals surface area contributed by atoms with Crippen LogP contribution in [0.4, 0.5) is 0 Å². The molecule has 0 saturated heterocycles. The van der Waals surface area contributed by atoms with E-state index in [2.05, 4.69) is 31.9 Å². The van der Waals surface area contributed by atoms with Crippen LogP contribution in [0.25, 0.3) is 0 Å². The third kappa shape index (κ3) is 3.22. The Labute approximate surface area is 134 Å². The van der Waals surface area contributed by atoms with Gasteiger partial charge in [-0.25, -0.2) is 0 Å². The van der Waals surface area contributed by atoms with Crippen LogP contribution in [0, 0.1) is 13.8 Å². The molecule has 0 aliphatic heterocycles. The molecule has 0 radical (unpaired) electrons. The molecule has 104 valence electrons. The summed E-state index contributed by atoms with van der Waals surface area (Å²) in [6, 6.07) is 8.91. The van der Waals surface area contributed by atoms with Gasteiger partial charge in [0.25, 0.3) is 0 Å². The fourth-order valence-electron chi connectivity index (χ4n) is 1.83. The lowest BCUT2D eigenvalue weighted by atomic mass is 10.1. The van der Waals surface area contributed by atoms with Gasteiger partial charge in [0.15, 0.2) is 0 Å². The van der Waals surface area contributed by atoms with Crippen molar-refractivity contribution in [2.75, 3.05) is 0 Å². The molecule has 0 heterocycles. The Morgan fingerprint density at radius 2 is 1.70 bits per heavy atom. The van der Waals surface area contributed by atoms with Crippen LogP contribution < -0.4 is 10.5 Å². The minimum atomic E-state index is -0.465. The molecule has 1 amide bonds. The topological polar surface area (TPSA) is 52.3 Å². The van der Waals surface area contributed by atoms with Crippen LogP contribution in [-0.2, 0) is 0 Å². The predicted octanol–water partition coefficient (Wildman–Crippen LogP) is 4.72. The first kappa shape index (κ1) is 15.1. The minimum absolute atomic E-state index is 0.437. The number of aryl methyl sites for hydroxylation is 2. The summed E-state index contributed by atoms with van der Waals surface area (Å²) < 4.78 is 7.60. The maximum Gasteiger partial charge on any atom is 0.248 e. The van der Waals surface area contributed by atoms with Crippen molar-refractivity contribution in [3.63, 3.8) is 0 Å². The van der Waals surface area contributed by atoms with E-state index in [0.717, 1.165) is 21.3 Å². The molecule has 20 heavy (non-hydrogen) atoms. The van der Waals surface area contributed by atoms with E-state index < -0.39 is 5.91 Å². The van der Waals surface area contributed by atoms with Crippen molar-refractivity contribution in [3.8, 4) is 11.5 Å². The third-order valence-electron chi connectivity index (χ3n) is 2.85. The van der Waals surface area contributed by atoms with Gasteiger partial charge in [0.05, 0.1) is 4.47 Å². The fraction of sp³-hybridized carbons (Fsp3) is 0.133. The van der Waals surface area contributed by atoms with E-state index in [-0.39, 0.29) is 0 Å². The molecule has 3 nitrogen and oxygen atoms in total. The van der Waals surface area contributed by atoms with Gasteiger partial charge in [-0.05, 0) is 71.2 Å². The second-order valence-electron chi connectivity index (χ2n) is 4.48. The van der Waals surface area contributed by atoms with Gasteiger partial charge in [-0.1, -0.05) is 15.9 Å². The van der Waals surface area contributed by atoms with Gasteiger partial charge in [0, 0.05) is 10.0 Å². The SMILES string of the molecule is Cc1cc(Oc2ccc(C(N)=O)cc2Br)cc(C)c1Br. The van der Waals surface area contributed by atoms with Crippen molar-refractivity contribution in [1.29, 1.82) is 0 Å². The zero-order chi connectivity index (χ0) is 14.9. The number of hydrogen-bond acceptors (Lipinski definition) is 2. The predicted molar refractivity (Wildman–Crippen MR) is 86.3 cm³/mol. The summed E-state index contributed by atoms with van der Waals surface area (Å²) in [5.41, 5.74) is 7.88. The highest BCUT2D eigenvalue weighted by atomic mass is 79.9. The van der Waals surface area contributed by atoms with Gasteiger partial charge < -0.3 is 10.5 Å². The minimum Gasteiger partial charge on any atom is -0.456 e. The lowest BCUT2D eigenvalue weighted by Gasteiger charge is -2.11. The van der Waals surface area contributed by atoms with E-state index in [1.165, 1.54) is 0 Å². The molecule has 2 rings (SSSR count). The smallest absolute Gasteiger partial charge is 0.248 e. The second-order valence-corrected chi connectivity index (χ2v) is 6.13. The monoisotopic (exact) mass is 397 g/mol. The van der Waals surface area contributed by atoms with Crippen LogP contribution in [0.1, 0.15) is 21.5 Å². The summed E-state index contributed by atoms with van der Waals surface area (Å²) in [5.74, 6) is 0.916. The van der Waals surface area contributed by atoms with Gasteiger partial charge in [-0.2, -0.15) is 0 Å². The molecule has 0 saturated carbocycles. The van der Waals surface area contributed by atoms with Crippen LogP contribution in [-0.4, -0.2) is 5.91 Å². The highest BCUT2D eigenvalue weighted by Crippen LogP contribution is 2.33. The molecular formula is C15H13Br2NO2. The number of halogens is 2. The third-order valence-corrected chi connectivity index (χ3v) is 4.72. The molecule has 2 aromatic rings. The van der Waals surface area contributed by atoms with Crippen LogP contribution in [0.15, 0.2) is 39.3 Å². The number of carbonyl (C=O) groups is 1. The number of amides is 1. The molecule has 2 aromatic carbocycles. The molecule has 2 N–H and O–H groups in total. The molecule has 0 aromatic heterocycles. The first-order chi connectivity index (χ1) is 9.38. The average Bonchev–Trinajstić information content (AvgIpc) is 2.38. The van der Waals surface area contributed by atoms with Crippen molar-refractivity contribution < 1.29 is 9.53 Å². The first-order valence-electron chi connectivity index (χ1n) is 5.92. The van der Waals surface area contributed by atoms with Crippen LogP contribution in [0.5, 0.6) is 11.5 Å². The molecule has 0 spiro atoms. The summed E-state index contributed by atoms with van der Waals surface area (Å²) in [4.78, 5) is 11.1. The molecule has 5 heteroatoms. The van der Waals surface area contributed by atoms with E-state index >= 15 is 0 Å². The van der Waals surface area contributed by atoms with Crippen LogP contribution >= 0.6 is 31.9 Å². The zero-order valence-corrected chi connectivity index (χ0v) is 14.2. The van der Waals surface area contributed by atoms with Crippen molar-refractivity contribution >= 4 is 37.8 Å². The zero-order valence-electron chi connectivity index (χ0n) is 11.0. The average molecular weight is 399 g/mol. The van der Waals surface area contributed by atoms with E-state index in [1.807, 2.05) is 26.0 Å². The van der Waals surface area contributed by atoms with Crippen molar-refractivity contribution in [1.82, 2.24) is 0 Å². The molecular weight excluding hydrogens is 386 g/mol. The van der Waals surface area contributed by atoms with Crippen molar-refractivity contribution in [2.24, 2.45) is 5.73 Å². The summed E-state index contributed by atoms with van der Waals surface area (Å²) in [6.07, 6.45) is 0. The van der Waals surface area contributed by atoms with E-state index in [1.54, 1.807) is 18.2 Å². The van der Waals surface area contributed by atoms with E-state index in [0.29, 0.717) is 15.8 Å². The molecule has 0 fully saturated rings. The molecule has 0 aliphatic rings. The maximum absolute atomic E-state index is 11.1. The summed E-state index contributed by atoms with van der Waals surface area (Å²) in [7, 11) is 0. The number of rotatable bonds is 3. The van der Waals surface area contributed by atoms with Crippen LogP contribution in [0.2, 0.25) is 0 Å². The normalized spacial score (nSPS) is 10.4. The molecule has 0 aliphatic carbocycles. The highest BCUT2D eigenvalue weighted by Gasteiger charge is 2.09.